The lowest BCUT2D eigenvalue weighted by Gasteiger charge is -2.24. The first-order chi connectivity index (χ1) is 12.0. The second-order valence-corrected chi connectivity index (χ2v) is 7.17. The number of rotatable bonds is 10. The fourth-order valence-electron chi connectivity index (χ4n) is 3.24. The van der Waals surface area contributed by atoms with Gasteiger partial charge < -0.3 is 14.2 Å². The summed E-state index contributed by atoms with van der Waals surface area (Å²) < 4.78 is 16.4. The number of hydrogen-bond acceptors (Lipinski definition) is 5. The molecule has 2 rings (SSSR count). The summed E-state index contributed by atoms with van der Waals surface area (Å²) in [5, 5.41) is 0. The van der Waals surface area contributed by atoms with Gasteiger partial charge in [0.1, 0.15) is 5.76 Å². The summed E-state index contributed by atoms with van der Waals surface area (Å²) >= 11 is 0. The smallest absolute Gasteiger partial charge is 0.313 e. The van der Waals surface area contributed by atoms with Gasteiger partial charge in [0.25, 0.3) is 0 Å². The average molecular weight is 352 g/mol. The van der Waals surface area contributed by atoms with E-state index in [2.05, 4.69) is 27.7 Å². The Kier molecular flexibility index (Phi) is 7.33. The zero-order valence-electron chi connectivity index (χ0n) is 16.0. The summed E-state index contributed by atoms with van der Waals surface area (Å²) in [4.78, 5) is 25.1. The third kappa shape index (κ3) is 5.23. The van der Waals surface area contributed by atoms with E-state index < -0.39 is 11.8 Å². The van der Waals surface area contributed by atoms with Crippen LogP contribution in [0.4, 0.5) is 0 Å². The molecule has 0 saturated carbocycles. The van der Waals surface area contributed by atoms with Crippen LogP contribution in [0.15, 0.2) is 11.8 Å². The SMILES string of the molecule is CCC(CC)COC(=O)C1C=C2OC2CC1C(=O)OCC(CC)CC. The molecule has 5 heteroatoms. The molecule has 0 aromatic heterocycles. The van der Waals surface area contributed by atoms with Crippen LogP contribution in [0.1, 0.15) is 59.8 Å². The van der Waals surface area contributed by atoms with Crippen molar-refractivity contribution in [3.8, 4) is 0 Å². The van der Waals surface area contributed by atoms with E-state index in [-0.39, 0.29) is 18.0 Å². The Morgan fingerprint density at radius 2 is 1.52 bits per heavy atom. The molecule has 0 aromatic rings. The third-order valence-corrected chi connectivity index (χ3v) is 5.59. The monoisotopic (exact) mass is 352 g/mol. The normalized spacial score (nSPS) is 24.4. The van der Waals surface area contributed by atoms with Crippen molar-refractivity contribution in [2.24, 2.45) is 23.7 Å². The van der Waals surface area contributed by atoms with E-state index in [0.717, 1.165) is 31.4 Å². The van der Waals surface area contributed by atoms with Gasteiger partial charge in [0.2, 0.25) is 0 Å². The third-order valence-electron chi connectivity index (χ3n) is 5.59. The molecule has 25 heavy (non-hydrogen) atoms. The van der Waals surface area contributed by atoms with E-state index in [1.54, 1.807) is 6.08 Å². The van der Waals surface area contributed by atoms with Crippen molar-refractivity contribution in [1.29, 1.82) is 0 Å². The molecule has 1 saturated heterocycles. The van der Waals surface area contributed by atoms with Crippen molar-refractivity contribution in [3.63, 3.8) is 0 Å². The number of ether oxygens (including phenoxy) is 3. The lowest BCUT2D eigenvalue weighted by molar-refractivity contribution is -0.161. The van der Waals surface area contributed by atoms with Crippen LogP contribution >= 0.6 is 0 Å². The Bertz CT molecular complexity index is 490. The fraction of sp³-hybridized carbons (Fsp3) is 0.800. The standard InChI is InChI=1S/C20H32O5/c1-5-13(6-2)11-23-19(21)15-9-17-18(25-17)10-16(15)20(22)24-12-14(7-3)8-4/h9,13-16,18H,5-8,10-12H2,1-4H3. The largest absolute Gasteiger partial charge is 0.483 e. The van der Waals surface area contributed by atoms with E-state index >= 15 is 0 Å². The van der Waals surface area contributed by atoms with E-state index in [1.165, 1.54) is 0 Å². The number of carbonyl (C=O) groups is 2. The number of carbonyl (C=O) groups excluding carboxylic acids is 2. The van der Waals surface area contributed by atoms with Gasteiger partial charge in [-0.3, -0.25) is 9.59 Å². The molecule has 3 atom stereocenters. The maximum Gasteiger partial charge on any atom is 0.313 e. The van der Waals surface area contributed by atoms with E-state index in [4.69, 9.17) is 14.2 Å². The Balaban J connectivity index is 1.95. The first-order valence-electron chi connectivity index (χ1n) is 9.75. The van der Waals surface area contributed by atoms with Gasteiger partial charge in [-0.15, -0.1) is 0 Å². The Morgan fingerprint density at radius 3 is 2.04 bits per heavy atom. The van der Waals surface area contributed by atoms with Gasteiger partial charge in [0.05, 0.1) is 25.0 Å². The van der Waals surface area contributed by atoms with Crippen molar-refractivity contribution in [3.05, 3.63) is 11.8 Å². The molecule has 3 unspecified atom stereocenters. The maximum absolute atomic E-state index is 12.5. The molecule has 0 bridgehead atoms. The van der Waals surface area contributed by atoms with Crippen molar-refractivity contribution >= 4 is 11.9 Å². The van der Waals surface area contributed by atoms with Gasteiger partial charge in [-0.1, -0.05) is 53.4 Å². The molecule has 1 fully saturated rings. The lowest BCUT2D eigenvalue weighted by Crippen LogP contribution is -2.35. The van der Waals surface area contributed by atoms with Gasteiger partial charge in [0.15, 0.2) is 6.10 Å². The molecule has 1 aliphatic carbocycles. The lowest BCUT2D eigenvalue weighted by atomic mass is 9.84. The second-order valence-electron chi connectivity index (χ2n) is 7.17. The summed E-state index contributed by atoms with van der Waals surface area (Å²) in [5.74, 6) is -0.174. The van der Waals surface area contributed by atoms with Crippen LogP contribution in [0.5, 0.6) is 0 Å². The Morgan fingerprint density at radius 1 is 1.00 bits per heavy atom. The van der Waals surface area contributed by atoms with Crippen LogP contribution in [0.2, 0.25) is 0 Å². The molecule has 5 nitrogen and oxygen atoms in total. The van der Waals surface area contributed by atoms with E-state index in [9.17, 15) is 9.59 Å². The molecular formula is C20H32O5. The Hall–Kier alpha value is -1.52. The predicted octanol–water partition coefficient (Wildman–Crippen LogP) is 3.86. The summed E-state index contributed by atoms with van der Waals surface area (Å²) in [6, 6.07) is 0. The number of fused-ring (bicyclic) bond motifs is 1. The summed E-state index contributed by atoms with van der Waals surface area (Å²) in [6.07, 6.45) is 6.15. The first kappa shape index (κ1) is 19.8. The minimum Gasteiger partial charge on any atom is -0.483 e. The summed E-state index contributed by atoms with van der Waals surface area (Å²) in [6.45, 7) is 9.18. The van der Waals surface area contributed by atoms with E-state index in [0.29, 0.717) is 31.5 Å². The van der Waals surface area contributed by atoms with Crippen molar-refractivity contribution < 1.29 is 23.8 Å². The minimum absolute atomic E-state index is 0.0196. The van der Waals surface area contributed by atoms with Crippen LogP contribution in [0, 0.1) is 23.7 Å². The zero-order valence-corrected chi connectivity index (χ0v) is 16.0. The van der Waals surface area contributed by atoms with Crippen molar-refractivity contribution in [1.82, 2.24) is 0 Å². The molecule has 1 heterocycles. The summed E-state index contributed by atoms with van der Waals surface area (Å²) in [7, 11) is 0. The molecule has 0 radical (unpaired) electrons. The molecule has 0 spiro atoms. The van der Waals surface area contributed by atoms with Crippen molar-refractivity contribution in [2.75, 3.05) is 13.2 Å². The van der Waals surface area contributed by atoms with Gasteiger partial charge >= 0.3 is 11.9 Å². The van der Waals surface area contributed by atoms with Crippen LogP contribution in [0.3, 0.4) is 0 Å². The average Bonchev–Trinajstić information content (AvgIpc) is 3.40. The van der Waals surface area contributed by atoms with Gasteiger partial charge in [-0.25, -0.2) is 0 Å². The van der Waals surface area contributed by atoms with Gasteiger partial charge in [0, 0.05) is 6.42 Å². The molecule has 0 aromatic carbocycles. The highest BCUT2D eigenvalue weighted by Gasteiger charge is 2.49. The molecule has 2 aliphatic rings. The van der Waals surface area contributed by atoms with E-state index in [1.807, 2.05) is 0 Å². The van der Waals surface area contributed by atoms with Gasteiger partial charge in [-0.05, 0) is 17.9 Å². The van der Waals surface area contributed by atoms with Crippen LogP contribution in [-0.4, -0.2) is 31.3 Å². The summed E-state index contributed by atoms with van der Waals surface area (Å²) in [5.41, 5.74) is 0. The molecule has 1 aliphatic heterocycles. The number of hydrogen-bond donors (Lipinski definition) is 0. The predicted molar refractivity (Wildman–Crippen MR) is 94.6 cm³/mol. The first-order valence-corrected chi connectivity index (χ1v) is 9.75. The zero-order chi connectivity index (χ0) is 18.4. The quantitative estimate of drug-likeness (QED) is 0.441. The highest BCUT2D eigenvalue weighted by atomic mass is 16.6. The van der Waals surface area contributed by atoms with Crippen molar-refractivity contribution in [2.45, 2.75) is 65.9 Å². The highest BCUT2D eigenvalue weighted by Crippen LogP contribution is 2.42. The minimum atomic E-state index is -0.586. The molecule has 142 valence electrons. The van der Waals surface area contributed by atoms with Gasteiger partial charge in [-0.2, -0.15) is 0 Å². The number of esters is 2. The molecular weight excluding hydrogens is 320 g/mol. The highest BCUT2D eigenvalue weighted by molar-refractivity contribution is 5.84. The second kappa shape index (κ2) is 9.25. The topological polar surface area (TPSA) is 65.1 Å². The van der Waals surface area contributed by atoms with Crippen LogP contribution < -0.4 is 0 Å². The fourth-order valence-corrected chi connectivity index (χ4v) is 3.24. The molecule has 0 N–H and O–H groups in total. The van der Waals surface area contributed by atoms with Crippen LogP contribution in [-0.2, 0) is 23.8 Å². The molecule has 0 amide bonds. The number of epoxide rings is 1. The maximum atomic E-state index is 12.5. The Labute approximate surface area is 151 Å². The van der Waals surface area contributed by atoms with Crippen LogP contribution in [0.25, 0.3) is 0 Å².